The molecule has 0 saturated carbocycles. The molecule has 0 atom stereocenters. The fourth-order valence-corrected chi connectivity index (χ4v) is 5.52. The smallest absolute Gasteiger partial charge is 0.264 e. The van der Waals surface area contributed by atoms with Crippen LogP contribution < -0.4 is 9.64 Å². The van der Waals surface area contributed by atoms with Gasteiger partial charge in [-0.1, -0.05) is 66.7 Å². The number of nitrogens with zero attached hydrogens (tertiary/aromatic N) is 5. The molecule has 218 valence electrons. The molecule has 1 aliphatic heterocycles. The van der Waals surface area contributed by atoms with E-state index in [1.54, 1.807) is 23.3 Å². The largest absolute Gasteiger partial charge is 0.484 e. The zero-order chi connectivity index (χ0) is 29.1. The van der Waals surface area contributed by atoms with Crippen LogP contribution in [0.3, 0.4) is 0 Å². The van der Waals surface area contributed by atoms with Crippen LogP contribution in [0.1, 0.15) is 29.5 Å². The third-order valence-corrected chi connectivity index (χ3v) is 7.60. The second-order valence-electron chi connectivity index (χ2n) is 10.7. The molecule has 3 aromatic carbocycles. The molecule has 0 saturated heterocycles. The van der Waals surface area contributed by atoms with E-state index in [0.29, 0.717) is 25.4 Å². The fourth-order valence-electron chi connectivity index (χ4n) is 5.52. The van der Waals surface area contributed by atoms with Gasteiger partial charge in [-0.25, -0.2) is 4.98 Å². The number of aryl methyl sites for hydroxylation is 1. The first kappa shape index (κ1) is 29.1. The van der Waals surface area contributed by atoms with E-state index in [-0.39, 0.29) is 25.0 Å². The molecule has 8 heteroatoms. The normalized spacial score (nSPS) is 14.9. The number of ether oxygens (including phenoxy) is 1. The van der Waals surface area contributed by atoms with Crippen LogP contribution in [0.25, 0.3) is 0 Å². The lowest BCUT2D eigenvalue weighted by molar-refractivity contribution is -0.132. The van der Waals surface area contributed by atoms with Crippen molar-refractivity contribution in [2.75, 3.05) is 37.7 Å². The van der Waals surface area contributed by atoms with Gasteiger partial charge in [0.15, 0.2) is 6.61 Å². The van der Waals surface area contributed by atoms with Crippen LogP contribution in [0, 0.1) is 6.92 Å². The minimum absolute atomic E-state index is 0.0254. The number of hydrogen-bond acceptors (Lipinski definition) is 5. The van der Waals surface area contributed by atoms with Gasteiger partial charge < -0.3 is 19.1 Å². The van der Waals surface area contributed by atoms with Gasteiger partial charge in [0.25, 0.3) is 5.91 Å². The lowest BCUT2D eigenvalue weighted by Crippen LogP contribution is -2.41. The molecule has 0 fully saturated rings. The van der Waals surface area contributed by atoms with Gasteiger partial charge in [0, 0.05) is 51.7 Å². The van der Waals surface area contributed by atoms with Gasteiger partial charge in [0.05, 0.1) is 12.0 Å². The van der Waals surface area contributed by atoms with Crippen molar-refractivity contribution in [3.05, 3.63) is 114 Å². The molecule has 0 aliphatic carbocycles. The second kappa shape index (κ2) is 14.5. The van der Waals surface area contributed by atoms with Crippen molar-refractivity contribution in [1.82, 2.24) is 19.4 Å². The monoisotopic (exact) mass is 565 g/mol. The quantitative estimate of drug-likeness (QED) is 0.318. The predicted molar refractivity (Wildman–Crippen MR) is 164 cm³/mol. The van der Waals surface area contributed by atoms with E-state index in [1.165, 1.54) is 5.56 Å². The number of hydrogen-bond donors (Lipinski definition) is 0. The summed E-state index contributed by atoms with van der Waals surface area (Å²) >= 11 is 0. The van der Waals surface area contributed by atoms with Crippen LogP contribution in [0.5, 0.6) is 5.75 Å². The maximum absolute atomic E-state index is 13.8. The minimum Gasteiger partial charge on any atom is -0.484 e. The Balaban J connectivity index is 1.43. The lowest BCUT2D eigenvalue weighted by Gasteiger charge is -2.32. The van der Waals surface area contributed by atoms with E-state index in [1.807, 2.05) is 71.3 Å². The number of carbonyl (C=O) groups excluding carboxylic acids is 2. The summed E-state index contributed by atoms with van der Waals surface area (Å²) in [4.78, 5) is 37.7. The molecule has 0 bridgehead atoms. The highest BCUT2D eigenvalue weighted by Crippen LogP contribution is 2.28. The Hall–Kier alpha value is -4.43. The SMILES string of the molecule is Cc1cccc2c1N(C(=O)COc1ccccc1)CCCN(Cc1ccccc1)CCCN(C(=O)Cn1ccnc1)C2. The maximum atomic E-state index is 13.8. The van der Waals surface area contributed by atoms with Gasteiger partial charge >= 0.3 is 0 Å². The molecular formula is C34H39N5O3. The summed E-state index contributed by atoms with van der Waals surface area (Å²) in [6.45, 7) is 6.31. The highest BCUT2D eigenvalue weighted by Gasteiger charge is 2.25. The van der Waals surface area contributed by atoms with E-state index in [9.17, 15) is 9.59 Å². The van der Waals surface area contributed by atoms with Gasteiger partial charge in [0.2, 0.25) is 5.91 Å². The van der Waals surface area contributed by atoms with Crippen LogP contribution >= 0.6 is 0 Å². The number of fused-ring (bicyclic) bond motifs is 1. The summed E-state index contributed by atoms with van der Waals surface area (Å²) in [5.74, 6) is 0.588. The molecule has 5 rings (SSSR count). The zero-order valence-corrected chi connectivity index (χ0v) is 24.3. The average Bonchev–Trinajstić information content (AvgIpc) is 3.51. The first-order chi connectivity index (χ1) is 20.6. The standard InChI is InChI=1S/C34H39N5O3/c1-28-11-8-14-30-24-38(32(40)25-37-22-17-35-27-37)20-9-18-36(23-29-12-4-2-5-13-29)19-10-21-39(34(28)30)33(41)26-42-31-15-6-3-7-16-31/h2-8,11-17,22,27H,9-10,18-21,23-26H2,1H3. The van der Waals surface area contributed by atoms with Gasteiger partial charge in [-0.3, -0.25) is 14.5 Å². The van der Waals surface area contributed by atoms with Crippen LogP contribution in [-0.4, -0.2) is 64.0 Å². The summed E-state index contributed by atoms with van der Waals surface area (Å²) in [7, 11) is 0. The number of anilines is 1. The number of aromatic nitrogens is 2. The van der Waals surface area contributed by atoms with Gasteiger partial charge in [-0.05, 0) is 48.6 Å². The highest BCUT2D eigenvalue weighted by atomic mass is 16.5. The summed E-state index contributed by atoms with van der Waals surface area (Å²) in [5.41, 5.74) is 4.09. The first-order valence-electron chi connectivity index (χ1n) is 14.6. The Morgan fingerprint density at radius 1 is 0.833 bits per heavy atom. The molecule has 0 spiro atoms. The molecular weight excluding hydrogens is 526 g/mol. The number of para-hydroxylation sites is 2. The van der Waals surface area contributed by atoms with E-state index in [4.69, 9.17) is 4.74 Å². The minimum atomic E-state index is -0.0997. The number of carbonyl (C=O) groups is 2. The number of rotatable bonds is 7. The van der Waals surface area contributed by atoms with E-state index < -0.39 is 0 Å². The second-order valence-corrected chi connectivity index (χ2v) is 10.7. The third-order valence-electron chi connectivity index (χ3n) is 7.60. The van der Waals surface area contributed by atoms with E-state index in [0.717, 1.165) is 49.3 Å². The molecule has 0 radical (unpaired) electrons. The van der Waals surface area contributed by atoms with Crippen LogP contribution in [0.15, 0.2) is 97.6 Å². The lowest BCUT2D eigenvalue weighted by atomic mass is 10.0. The number of imidazole rings is 1. The molecule has 0 unspecified atom stereocenters. The number of amides is 2. The molecule has 42 heavy (non-hydrogen) atoms. The van der Waals surface area contributed by atoms with Crippen molar-refractivity contribution in [1.29, 1.82) is 0 Å². The summed E-state index contributed by atoms with van der Waals surface area (Å²) in [6.07, 6.45) is 6.84. The van der Waals surface area contributed by atoms with Gasteiger partial charge in [-0.15, -0.1) is 0 Å². The summed E-state index contributed by atoms with van der Waals surface area (Å²) in [6, 6.07) is 25.9. The van der Waals surface area contributed by atoms with Gasteiger partial charge in [-0.2, -0.15) is 0 Å². The fraction of sp³-hybridized carbons (Fsp3) is 0.324. The Morgan fingerprint density at radius 2 is 1.57 bits per heavy atom. The van der Waals surface area contributed by atoms with Crippen molar-refractivity contribution in [2.45, 2.75) is 39.4 Å². The summed E-state index contributed by atoms with van der Waals surface area (Å²) in [5, 5.41) is 0. The molecule has 8 nitrogen and oxygen atoms in total. The van der Waals surface area contributed by atoms with Crippen molar-refractivity contribution in [2.24, 2.45) is 0 Å². The molecule has 1 aromatic heterocycles. The summed E-state index contributed by atoms with van der Waals surface area (Å²) < 4.78 is 7.69. The van der Waals surface area contributed by atoms with Crippen molar-refractivity contribution >= 4 is 17.5 Å². The predicted octanol–water partition coefficient (Wildman–Crippen LogP) is 4.93. The molecule has 0 N–H and O–H groups in total. The Morgan fingerprint density at radius 3 is 2.31 bits per heavy atom. The molecule has 4 aromatic rings. The van der Waals surface area contributed by atoms with Crippen LogP contribution in [0.2, 0.25) is 0 Å². The zero-order valence-electron chi connectivity index (χ0n) is 24.3. The van der Waals surface area contributed by atoms with E-state index in [2.05, 4.69) is 34.1 Å². The Kier molecular flexibility index (Phi) is 10.0. The third kappa shape index (κ3) is 7.85. The number of benzene rings is 3. The Bertz CT molecular complexity index is 1430. The Labute approximate surface area is 248 Å². The highest BCUT2D eigenvalue weighted by molar-refractivity contribution is 5.96. The molecule has 1 aliphatic rings. The molecule has 2 amide bonds. The first-order valence-corrected chi connectivity index (χ1v) is 14.6. The van der Waals surface area contributed by atoms with E-state index >= 15 is 0 Å². The van der Waals surface area contributed by atoms with Crippen molar-refractivity contribution in [3.63, 3.8) is 0 Å². The average molecular weight is 566 g/mol. The molecule has 2 heterocycles. The van der Waals surface area contributed by atoms with Crippen molar-refractivity contribution < 1.29 is 14.3 Å². The van der Waals surface area contributed by atoms with Crippen LogP contribution in [-0.2, 0) is 29.2 Å². The van der Waals surface area contributed by atoms with Crippen LogP contribution in [0.4, 0.5) is 5.69 Å². The topological polar surface area (TPSA) is 70.9 Å². The van der Waals surface area contributed by atoms with Gasteiger partial charge in [0.1, 0.15) is 12.3 Å². The van der Waals surface area contributed by atoms with Crippen molar-refractivity contribution in [3.8, 4) is 5.75 Å². The maximum Gasteiger partial charge on any atom is 0.264 e.